The molecule has 3 nitrogen and oxygen atoms in total. The number of hydrogen-bond acceptors (Lipinski definition) is 3. The molecule has 1 fully saturated rings. The highest BCUT2D eigenvalue weighted by atomic mass is 35.5. The second kappa shape index (κ2) is 9.84. The van der Waals surface area contributed by atoms with Crippen LogP contribution in [0.25, 0.3) is 22.4 Å². The van der Waals surface area contributed by atoms with Gasteiger partial charge in [-0.05, 0) is 81.1 Å². The van der Waals surface area contributed by atoms with Crippen LogP contribution in [0.4, 0.5) is 0 Å². The van der Waals surface area contributed by atoms with E-state index in [9.17, 15) is 0 Å². The van der Waals surface area contributed by atoms with Gasteiger partial charge in [0.15, 0.2) is 0 Å². The van der Waals surface area contributed by atoms with E-state index in [-0.39, 0.29) is 0 Å². The largest absolute Gasteiger partial charge is 0.492 e. The number of hydrogen-bond donors (Lipinski definition) is 0. The van der Waals surface area contributed by atoms with Crippen LogP contribution in [-0.4, -0.2) is 35.1 Å². The average Bonchev–Trinajstić information content (AvgIpc) is 2.77. The minimum atomic E-state index is 0.651. The number of rotatable bonds is 6. The van der Waals surface area contributed by atoms with Crippen molar-refractivity contribution in [2.75, 3.05) is 13.2 Å². The number of halogens is 1. The van der Waals surface area contributed by atoms with Crippen LogP contribution in [0.2, 0.25) is 5.02 Å². The fourth-order valence-corrected chi connectivity index (χ4v) is 4.65. The third kappa shape index (κ3) is 5.28. The molecule has 2 unspecified atom stereocenters. The van der Waals surface area contributed by atoms with Gasteiger partial charge in [-0.15, -0.1) is 0 Å². The summed E-state index contributed by atoms with van der Waals surface area (Å²) >= 11 is 5.99. The molecule has 162 valence electrons. The number of aryl methyl sites for hydroxylation is 1. The minimum Gasteiger partial charge on any atom is -0.492 e. The Bertz CT molecular complexity index is 991. The Morgan fingerprint density at radius 3 is 2.26 bits per heavy atom. The number of likely N-dealkylation sites (tertiary alicyclic amines) is 1. The lowest BCUT2D eigenvalue weighted by Crippen LogP contribution is -2.45. The zero-order valence-corrected chi connectivity index (χ0v) is 19.4. The summed E-state index contributed by atoms with van der Waals surface area (Å²) in [5.41, 5.74) is 5.40. The van der Waals surface area contributed by atoms with Crippen molar-refractivity contribution in [2.24, 2.45) is 0 Å². The van der Waals surface area contributed by atoms with Crippen LogP contribution < -0.4 is 4.74 Å². The van der Waals surface area contributed by atoms with Crippen molar-refractivity contribution < 1.29 is 4.74 Å². The molecule has 0 radical (unpaired) electrons. The summed E-state index contributed by atoms with van der Waals surface area (Å²) in [4.78, 5) is 7.26. The molecule has 2 atom stereocenters. The van der Waals surface area contributed by atoms with Gasteiger partial charge in [0, 0.05) is 41.0 Å². The van der Waals surface area contributed by atoms with E-state index in [0.29, 0.717) is 12.1 Å². The van der Waals surface area contributed by atoms with Gasteiger partial charge in [-0.2, -0.15) is 0 Å². The van der Waals surface area contributed by atoms with Gasteiger partial charge in [-0.1, -0.05) is 36.2 Å². The first-order chi connectivity index (χ1) is 15.0. The van der Waals surface area contributed by atoms with Crippen molar-refractivity contribution in [1.82, 2.24) is 9.88 Å². The third-order valence-electron chi connectivity index (χ3n) is 6.39. The Morgan fingerprint density at radius 2 is 1.61 bits per heavy atom. The van der Waals surface area contributed by atoms with E-state index in [0.717, 1.165) is 51.9 Å². The molecule has 0 aliphatic carbocycles. The van der Waals surface area contributed by atoms with Crippen LogP contribution in [0.3, 0.4) is 0 Å². The first-order valence-corrected chi connectivity index (χ1v) is 11.6. The molecule has 1 aliphatic heterocycles. The Balaban J connectivity index is 1.39. The Hall–Kier alpha value is -2.36. The maximum absolute atomic E-state index is 6.14. The molecule has 1 aromatic heterocycles. The van der Waals surface area contributed by atoms with Crippen molar-refractivity contribution in [1.29, 1.82) is 0 Å². The number of benzene rings is 2. The number of piperidine rings is 1. The zero-order chi connectivity index (χ0) is 21.8. The molecule has 4 rings (SSSR count). The molecule has 1 saturated heterocycles. The topological polar surface area (TPSA) is 25.4 Å². The zero-order valence-electron chi connectivity index (χ0n) is 18.6. The van der Waals surface area contributed by atoms with E-state index in [2.05, 4.69) is 61.0 Å². The maximum Gasteiger partial charge on any atom is 0.122 e. The average molecular weight is 435 g/mol. The van der Waals surface area contributed by atoms with E-state index in [1.165, 1.54) is 19.3 Å². The Morgan fingerprint density at radius 1 is 0.935 bits per heavy atom. The summed E-state index contributed by atoms with van der Waals surface area (Å²) in [5.74, 6) is 0.957. The van der Waals surface area contributed by atoms with Crippen LogP contribution >= 0.6 is 11.6 Å². The summed E-state index contributed by atoms with van der Waals surface area (Å²) in [5, 5.41) is 0.742. The first-order valence-electron chi connectivity index (χ1n) is 11.2. The highest BCUT2D eigenvalue weighted by Crippen LogP contribution is 2.28. The second-order valence-electron chi connectivity index (χ2n) is 8.63. The van der Waals surface area contributed by atoms with Gasteiger partial charge < -0.3 is 4.74 Å². The lowest BCUT2D eigenvalue weighted by molar-refractivity contribution is 0.0850. The fourth-order valence-electron chi connectivity index (χ4n) is 4.52. The molecule has 1 aliphatic rings. The van der Waals surface area contributed by atoms with Gasteiger partial charge >= 0.3 is 0 Å². The molecule has 0 saturated carbocycles. The van der Waals surface area contributed by atoms with Crippen LogP contribution in [0.5, 0.6) is 5.75 Å². The molecule has 0 N–H and O–H groups in total. The molecule has 2 aromatic carbocycles. The number of nitrogens with zero attached hydrogens (tertiary/aromatic N) is 2. The van der Waals surface area contributed by atoms with E-state index >= 15 is 0 Å². The monoisotopic (exact) mass is 434 g/mol. The normalized spacial score (nSPS) is 19.4. The summed E-state index contributed by atoms with van der Waals surface area (Å²) in [6, 6.07) is 19.6. The molecular weight excluding hydrogens is 404 g/mol. The first kappa shape index (κ1) is 21.9. The van der Waals surface area contributed by atoms with Crippen LogP contribution in [0.15, 0.2) is 60.8 Å². The quantitative estimate of drug-likeness (QED) is 0.416. The summed E-state index contributed by atoms with van der Waals surface area (Å²) in [6.45, 7) is 8.48. The van der Waals surface area contributed by atoms with Crippen LogP contribution in [0.1, 0.15) is 38.7 Å². The van der Waals surface area contributed by atoms with Gasteiger partial charge in [0.25, 0.3) is 0 Å². The highest BCUT2D eigenvalue weighted by molar-refractivity contribution is 6.30. The molecule has 4 heteroatoms. The van der Waals surface area contributed by atoms with Gasteiger partial charge in [0.1, 0.15) is 12.4 Å². The molecule has 3 aromatic rings. The molecule has 31 heavy (non-hydrogen) atoms. The highest BCUT2D eigenvalue weighted by Gasteiger charge is 2.24. The Kier molecular flexibility index (Phi) is 6.94. The van der Waals surface area contributed by atoms with Crippen molar-refractivity contribution >= 4 is 11.6 Å². The minimum absolute atomic E-state index is 0.651. The van der Waals surface area contributed by atoms with Crippen molar-refractivity contribution in [2.45, 2.75) is 52.1 Å². The third-order valence-corrected chi connectivity index (χ3v) is 6.65. The molecule has 0 spiro atoms. The molecule has 0 bridgehead atoms. The SMILES string of the molecule is Cc1cc(-c2ccc(-c3ccc(Cl)cc3)cn2)ccc1OCCN1C(C)CCCC1C. The van der Waals surface area contributed by atoms with E-state index in [4.69, 9.17) is 16.3 Å². The molecular formula is C27H31ClN2O. The van der Waals surface area contributed by atoms with Gasteiger partial charge in [-0.3, -0.25) is 9.88 Å². The number of pyridine rings is 1. The molecule has 0 amide bonds. The summed E-state index contributed by atoms with van der Waals surface area (Å²) in [7, 11) is 0. The van der Waals surface area contributed by atoms with Gasteiger partial charge in [-0.25, -0.2) is 0 Å². The fraction of sp³-hybridized carbons (Fsp3) is 0.370. The lowest BCUT2D eigenvalue weighted by Gasteiger charge is -2.38. The summed E-state index contributed by atoms with van der Waals surface area (Å²) in [6.07, 6.45) is 5.85. The van der Waals surface area contributed by atoms with Crippen molar-refractivity contribution in [3.8, 4) is 28.1 Å². The maximum atomic E-state index is 6.14. The second-order valence-corrected chi connectivity index (χ2v) is 9.07. The van der Waals surface area contributed by atoms with E-state index < -0.39 is 0 Å². The van der Waals surface area contributed by atoms with Crippen LogP contribution in [0, 0.1) is 6.92 Å². The van der Waals surface area contributed by atoms with Crippen LogP contribution in [-0.2, 0) is 0 Å². The summed E-state index contributed by atoms with van der Waals surface area (Å²) < 4.78 is 6.14. The lowest BCUT2D eigenvalue weighted by atomic mass is 9.98. The standard InChI is InChI=1S/C27H31ClN2O/c1-19-17-23(26-13-9-24(18-29-26)22-7-11-25(28)12-8-22)10-14-27(19)31-16-15-30-20(2)5-4-6-21(30)3/h7-14,17-18,20-21H,4-6,15-16H2,1-3H3. The Labute approximate surface area is 191 Å². The van der Waals surface area contributed by atoms with E-state index in [1.54, 1.807) is 0 Å². The number of ether oxygens (including phenoxy) is 1. The van der Waals surface area contributed by atoms with Crippen molar-refractivity contribution in [3.63, 3.8) is 0 Å². The van der Waals surface area contributed by atoms with Gasteiger partial charge in [0.2, 0.25) is 0 Å². The van der Waals surface area contributed by atoms with Crippen molar-refractivity contribution in [3.05, 3.63) is 71.4 Å². The number of aromatic nitrogens is 1. The van der Waals surface area contributed by atoms with E-state index in [1.807, 2.05) is 30.5 Å². The predicted molar refractivity (Wildman–Crippen MR) is 130 cm³/mol. The predicted octanol–water partition coefficient (Wildman–Crippen LogP) is 7.02. The van der Waals surface area contributed by atoms with Gasteiger partial charge in [0.05, 0.1) is 5.69 Å². The molecule has 2 heterocycles. The smallest absolute Gasteiger partial charge is 0.122 e.